The van der Waals surface area contributed by atoms with Gasteiger partial charge < -0.3 is 5.32 Å². The summed E-state index contributed by atoms with van der Waals surface area (Å²) >= 11 is 0. The molecule has 1 rings (SSSR count). The Morgan fingerprint density at radius 1 is 1.43 bits per heavy atom. The Bertz CT molecular complexity index is 324. The molecule has 1 heterocycles. The minimum atomic E-state index is 0.921. The van der Waals surface area contributed by atoms with Crippen LogP contribution in [0.2, 0.25) is 0 Å². The maximum atomic E-state index is 4.35. The largest absolute Gasteiger partial charge is 0.314 e. The average Bonchev–Trinajstić information content (AvgIpc) is 2.38. The van der Waals surface area contributed by atoms with Gasteiger partial charge in [-0.2, -0.15) is 5.10 Å². The zero-order valence-electron chi connectivity index (χ0n) is 9.46. The fourth-order valence-corrected chi connectivity index (χ4v) is 1.44. The fraction of sp³-hybridized carbons (Fsp3) is 0.545. The van der Waals surface area contributed by atoms with E-state index in [0.29, 0.717) is 0 Å². The predicted molar refractivity (Wildman–Crippen MR) is 60.3 cm³/mol. The van der Waals surface area contributed by atoms with Crippen molar-refractivity contribution in [1.82, 2.24) is 15.1 Å². The molecule has 3 nitrogen and oxygen atoms in total. The third kappa shape index (κ3) is 2.45. The molecule has 0 amide bonds. The van der Waals surface area contributed by atoms with Gasteiger partial charge in [-0.1, -0.05) is 19.1 Å². The molecule has 0 aliphatic rings. The van der Waals surface area contributed by atoms with Crippen molar-refractivity contribution in [2.45, 2.75) is 20.8 Å². The number of rotatable bonds is 4. The van der Waals surface area contributed by atoms with E-state index in [4.69, 9.17) is 0 Å². The zero-order valence-corrected chi connectivity index (χ0v) is 9.46. The van der Waals surface area contributed by atoms with E-state index < -0.39 is 0 Å². The molecule has 0 spiro atoms. The molecule has 0 aliphatic carbocycles. The molecule has 0 unspecified atom stereocenters. The molecule has 1 aromatic heterocycles. The Morgan fingerprint density at radius 3 is 2.64 bits per heavy atom. The summed E-state index contributed by atoms with van der Waals surface area (Å²) in [6, 6.07) is 0. The number of aryl methyl sites for hydroxylation is 2. The zero-order chi connectivity index (χ0) is 10.6. The number of nitrogens with one attached hydrogen (secondary N) is 1. The van der Waals surface area contributed by atoms with E-state index in [1.807, 2.05) is 18.7 Å². The van der Waals surface area contributed by atoms with E-state index in [1.54, 1.807) is 0 Å². The van der Waals surface area contributed by atoms with Gasteiger partial charge in [-0.3, -0.25) is 4.68 Å². The van der Waals surface area contributed by atoms with Crippen LogP contribution in [0.5, 0.6) is 0 Å². The highest BCUT2D eigenvalue weighted by atomic mass is 15.3. The van der Waals surface area contributed by atoms with Gasteiger partial charge in [0.15, 0.2) is 0 Å². The van der Waals surface area contributed by atoms with Gasteiger partial charge in [-0.05, 0) is 20.4 Å². The molecule has 0 fully saturated rings. The summed E-state index contributed by atoms with van der Waals surface area (Å²) in [5.41, 5.74) is 3.55. The highest BCUT2D eigenvalue weighted by molar-refractivity contribution is 5.54. The standard InChI is InChI=1S/C11H19N3/c1-5-12-8-6-7-11-9(2)13-14(4)10(11)3/h6-7,12H,5,8H2,1-4H3. The summed E-state index contributed by atoms with van der Waals surface area (Å²) in [7, 11) is 1.98. The molecule has 0 radical (unpaired) electrons. The third-order valence-electron chi connectivity index (χ3n) is 2.36. The van der Waals surface area contributed by atoms with Crippen LogP contribution in [0.3, 0.4) is 0 Å². The van der Waals surface area contributed by atoms with E-state index in [1.165, 1.54) is 11.3 Å². The summed E-state index contributed by atoms with van der Waals surface area (Å²) in [6.07, 6.45) is 4.28. The summed E-state index contributed by atoms with van der Waals surface area (Å²) in [5.74, 6) is 0. The minimum Gasteiger partial charge on any atom is -0.314 e. The third-order valence-corrected chi connectivity index (χ3v) is 2.36. The highest BCUT2D eigenvalue weighted by Gasteiger charge is 2.04. The van der Waals surface area contributed by atoms with Gasteiger partial charge in [-0.15, -0.1) is 0 Å². The first-order chi connectivity index (χ1) is 6.66. The minimum absolute atomic E-state index is 0.921. The van der Waals surface area contributed by atoms with Gasteiger partial charge in [0.05, 0.1) is 5.69 Å². The highest BCUT2D eigenvalue weighted by Crippen LogP contribution is 2.13. The quantitative estimate of drug-likeness (QED) is 0.737. The lowest BCUT2D eigenvalue weighted by Crippen LogP contribution is -2.11. The van der Waals surface area contributed by atoms with Gasteiger partial charge in [0.2, 0.25) is 0 Å². The van der Waals surface area contributed by atoms with E-state index >= 15 is 0 Å². The number of hydrogen-bond donors (Lipinski definition) is 1. The monoisotopic (exact) mass is 193 g/mol. The lowest BCUT2D eigenvalue weighted by Gasteiger charge is -1.95. The Morgan fingerprint density at radius 2 is 2.14 bits per heavy atom. The van der Waals surface area contributed by atoms with Crippen LogP contribution < -0.4 is 5.32 Å². The molecule has 3 heteroatoms. The average molecular weight is 193 g/mol. The molecular weight excluding hydrogens is 174 g/mol. The second-order valence-electron chi connectivity index (χ2n) is 3.42. The topological polar surface area (TPSA) is 29.9 Å². The van der Waals surface area contributed by atoms with Crippen LogP contribution >= 0.6 is 0 Å². The predicted octanol–water partition coefficient (Wildman–Crippen LogP) is 1.66. The fourth-order valence-electron chi connectivity index (χ4n) is 1.44. The van der Waals surface area contributed by atoms with Crippen LogP contribution in [0.25, 0.3) is 6.08 Å². The molecule has 0 aliphatic heterocycles. The Labute approximate surface area is 85.8 Å². The Kier molecular flexibility index (Phi) is 3.89. The van der Waals surface area contributed by atoms with Crippen LogP contribution in [-0.2, 0) is 7.05 Å². The SMILES string of the molecule is CCNCC=Cc1c(C)nn(C)c1C. The van der Waals surface area contributed by atoms with Crippen LogP contribution in [0.15, 0.2) is 6.08 Å². The summed E-state index contributed by atoms with van der Waals surface area (Å²) in [6.45, 7) is 8.17. The maximum Gasteiger partial charge on any atom is 0.0668 e. The van der Waals surface area contributed by atoms with Crippen molar-refractivity contribution in [3.05, 3.63) is 23.0 Å². The summed E-state index contributed by atoms with van der Waals surface area (Å²) in [4.78, 5) is 0. The molecule has 1 N–H and O–H groups in total. The van der Waals surface area contributed by atoms with Crippen molar-refractivity contribution in [2.24, 2.45) is 7.05 Å². The summed E-state index contributed by atoms with van der Waals surface area (Å²) in [5, 5.41) is 7.60. The number of hydrogen-bond acceptors (Lipinski definition) is 2. The van der Waals surface area contributed by atoms with Crippen LogP contribution in [0, 0.1) is 13.8 Å². The van der Waals surface area contributed by atoms with Crippen molar-refractivity contribution >= 4 is 6.08 Å². The molecular formula is C11H19N3. The van der Waals surface area contributed by atoms with Gasteiger partial charge in [0, 0.05) is 24.8 Å². The van der Waals surface area contributed by atoms with E-state index in [-0.39, 0.29) is 0 Å². The van der Waals surface area contributed by atoms with Gasteiger partial charge in [0.1, 0.15) is 0 Å². The molecule has 1 aromatic rings. The van der Waals surface area contributed by atoms with Crippen LogP contribution in [0.4, 0.5) is 0 Å². The van der Waals surface area contributed by atoms with Gasteiger partial charge >= 0.3 is 0 Å². The molecule has 78 valence electrons. The molecule has 0 aromatic carbocycles. The first kappa shape index (κ1) is 11.0. The first-order valence-electron chi connectivity index (χ1n) is 5.04. The van der Waals surface area contributed by atoms with Crippen molar-refractivity contribution < 1.29 is 0 Å². The van der Waals surface area contributed by atoms with Crippen molar-refractivity contribution in [1.29, 1.82) is 0 Å². The van der Waals surface area contributed by atoms with E-state index in [2.05, 4.69) is 36.4 Å². The smallest absolute Gasteiger partial charge is 0.0668 e. The van der Waals surface area contributed by atoms with Crippen molar-refractivity contribution in [3.63, 3.8) is 0 Å². The number of likely N-dealkylation sites (N-methyl/N-ethyl adjacent to an activating group) is 1. The Balaban J connectivity index is 2.70. The van der Waals surface area contributed by atoms with Gasteiger partial charge in [0.25, 0.3) is 0 Å². The Hall–Kier alpha value is -1.09. The number of nitrogens with zero attached hydrogens (tertiary/aromatic N) is 2. The van der Waals surface area contributed by atoms with Crippen LogP contribution in [0.1, 0.15) is 23.9 Å². The second kappa shape index (κ2) is 4.96. The van der Waals surface area contributed by atoms with Crippen LogP contribution in [-0.4, -0.2) is 22.9 Å². The molecule has 0 saturated heterocycles. The van der Waals surface area contributed by atoms with Crippen molar-refractivity contribution in [3.8, 4) is 0 Å². The normalized spacial score (nSPS) is 11.4. The number of aromatic nitrogens is 2. The summed E-state index contributed by atoms with van der Waals surface area (Å²) < 4.78 is 1.92. The van der Waals surface area contributed by atoms with E-state index in [9.17, 15) is 0 Å². The molecule has 0 saturated carbocycles. The molecule has 0 atom stereocenters. The lowest BCUT2D eigenvalue weighted by molar-refractivity contribution is 0.731. The van der Waals surface area contributed by atoms with Gasteiger partial charge in [-0.25, -0.2) is 0 Å². The molecule has 0 bridgehead atoms. The second-order valence-corrected chi connectivity index (χ2v) is 3.42. The lowest BCUT2D eigenvalue weighted by atomic mass is 10.2. The molecule has 14 heavy (non-hydrogen) atoms. The van der Waals surface area contributed by atoms with Crippen molar-refractivity contribution in [2.75, 3.05) is 13.1 Å². The maximum absolute atomic E-state index is 4.35. The first-order valence-corrected chi connectivity index (χ1v) is 5.04. The van der Waals surface area contributed by atoms with E-state index in [0.717, 1.165) is 18.8 Å².